The molecule has 0 amide bonds. The second kappa shape index (κ2) is 6.83. The van der Waals surface area contributed by atoms with Crippen molar-refractivity contribution in [2.45, 2.75) is 32.7 Å². The highest BCUT2D eigenvalue weighted by Gasteiger charge is 2.23. The minimum absolute atomic E-state index is 0.0950. The van der Waals surface area contributed by atoms with Crippen LogP contribution < -0.4 is 5.56 Å². The monoisotopic (exact) mass is 385 g/mol. The van der Waals surface area contributed by atoms with E-state index in [-0.39, 0.29) is 34.4 Å². The summed E-state index contributed by atoms with van der Waals surface area (Å²) in [7, 11) is 1.59. The molecule has 1 aromatic carbocycles. The summed E-state index contributed by atoms with van der Waals surface area (Å²) in [6, 6.07) is 4.44. The van der Waals surface area contributed by atoms with E-state index in [4.69, 9.17) is 9.26 Å². The lowest BCUT2D eigenvalue weighted by Gasteiger charge is -2.16. The molecule has 4 rings (SSSR count). The van der Waals surface area contributed by atoms with E-state index in [1.54, 1.807) is 23.6 Å². The van der Waals surface area contributed by atoms with Crippen molar-refractivity contribution in [1.82, 2.24) is 24.1 Å². The molecule has 3 heterocycles. The van der Waals surface area contributed by atoms with Gasteiger partial charge in [0.25, 0.3) is 5.56 Å². The predicted octanol–water partition coefficient (Wildman–Crippen LogP) is 3.17. The molecule has 146 valence electrons. The Morgan fingerprint density at radius 2 is 2.04 bits per heavy atom. The lowest BCUT2D eigenvalue weighted by Crippen LogP contribution is -2.25. The highest BCUT2D eigenvalue weighted by Crippen LogP contribution is 2.26. The molecule has 0 aliphatic carbocycles. The van der Waals surface area contributed by atoms with E-state index >= 15 is 0 Å². The topological polar surface area (TPSA) is 87.5 Å². The number of halogens is 1. The highest BCUT2D eigenvalue weighted by molar-refractivity contribution is 5.84. The second-order valence-electron chi connectivity index (χ2n) is 7.00. The van der Waals surface area contributed by atoms with E-state index in [1.807, 2.05) is 20.8 Å². The Morgan fingerprint density at radius 3 is 2.75 bits per heavy atom. The maximum atomic E-state index is 14.6. The Kier molecular flexibility index (Phi) is 4.46. The molecule has 0 fully saturated rings. The Labute approximate surface area is 159 Å². The van der Waals surface area contributed by atoms with Gasteiger partial charge in [-0.15, -0.1) is 0 Å². The Morgan fingerprint density at radius 1 is 1.25 bits per heavy atom. The molecule has 9 heteroatoms. The van der Waals surface area contributed by atoms with Gasteiger partial charge in [0.1, 0.15) is 28.9 Å². The molecule has 0 saturated heterocycles. The smallest absolute Gasteiger partial charge is 0.278 e. The molecule has 0 N–H and O–H groups in total. The second-order valence-corrected chi connectivity index (χ2v) is 7.00. The molecule has 0 bridgehead atoms. The van der Waals surface area contributed by atoms with Crippen molar-refractivity contribution in [1.29, 1.82) is 0 Å². The van der Waals surface area contributed by atoms with Crippen molar-refractivity contribution in [3.05, 3.63) is 46.6 Å². The number of aromatic nitrogens is 5. The zero-order chi connectivity index (χ0) is 20.0. The van der Waals surface area contributed by atoms with E-state index in [0.717, 1.165) is 0 Å². The van der Waals surface area contributed by atoms with Crippen molar-refractivity contribution in [2.24, 2.45) is 0 Å². The lowest BCUT2D eigenvalue weighted by atomic mass is 10.2. The number of fused-ring (bicyclic) bond motifs is 3. The largest absolute Gasteiger partial charge is 0.384 e. The van der Waals surface area contributed by atoms with Gasteiger partial charge in [-0.3, -0.25) is 13.8 Å². The van der Waals surface area contributed by atoms with E-state index < -0.39 is 5.82 Å². The van der Waals surface area contributed by atoms with Crippen LogP contribution in [0.2, 0.25) is 0 Å². The summed E-state index contributed by atoms with van der Waals surface area (Å²) in [6.45, 7) is 5.99. The van der Waals surface area contributed by atoms with Gasteiger partial charge in [0, 0.05) is 13.2 Å². The van der Waals surface area contributed by atoms with Gasteiger partial charge in [0.2, 0.25) is 11.7 Å². The third-order valence-corrected chi connectivity index (χ3v) is 4.66. The summed E-state index contributed by atoms with van der Waals surface area (Å²) in [5.41, 5.74) is 0.986. The Balaban J connectivity index is 2.01. The fourth-order valence-electron chi connectivity index (χ4n) is 3.40. The number of para-hydroxylation sites is 1. The maximum absolute atomic E-state index is 14.6. The average Bonchev–Trinajstić information content (AvgIpc) is 3.30. The number of methoxy groups -OCH3 is 1. The minimum Gasteiger partial charge on any atom is -0.384 e. The van der Waals surface area contributed by atoms with Gasteiger partial charge in [0.15, 0.2) is 0 Å². The summed E-state index contributed by atoms with van der Waals surface area (Å²) in [5.74, 6) is 0.0516. The summed E-state index contributed by atoms with van der Waals surface area (Å²) < 4.78 is 28.0. The molecule has 0 saturated carbocycles. The van der Waals surface area contributed by atoms with Crippen molar-refractivity contribution >= 4 is 16.6 Å². The number of nitrogens with zero attached hydrogens (tertiary/aromatic N) is 5. The number of hydrogen-bond donors (Lipinski definition) is 0. The molecule has 0 aliphatic rings. The molecule has 0 aliphatic heterocycles. The first-order chi connectivity index (χ1) is 13.4. The summed E-state index contributed by atoms with van der Waals surface area (Å²) in [4.78, 5) is 22.0. The molecule has 28 heavy (non-hydrogen) atoms. The third-order valence-electron chi connectivity index (χ3n) is 4.66. The zero-order valence-electron chi connectivity index (χ0n) is 16.0. The van der Waals surface area contributed by atoms with Crippen LogP contribution in [-0.4, -0.2) is 37.8 Å². The number of hydrogen-bond acceptors (Lipinski definition) is 6. The first-order valence-corrected chi connectivity index (χ1v) is 8.96. The van der Waals surface area contributed by atoms with E-state index in [2.05, 4.69) is 15.1 Å². The minimum atomic E-state index is -0.462. The molecule has 0 spiro atoms. The zero-order valence-corrected chi connectivity index (χ0v) is 16.0. The fraction of sp³-hybridized carbons (Fsp3) is 0.368. The van der Waals surface area contributed by atoms with Crippen LogP contribution in [0.25, 0.3) is 28.1 Å². The molecule has 0 radical (unpaired) electrons. The van der Waals surface area contributed by atoms with Gasteiger partial charge in [0.05, 0.1) is 18.0 Å². The van der Waals surface area contributed by atoms with Crippen LogP contribution in [0, 0.1) is 5.82 Å². The number of imidazole rings is 1. The quantitative estimate of drug-likeness (QED) is 0.524. The van der Waals surface area contributed by atoms with Gasteiger partial charge < -0.3 is 9.26 Å². The van der Waals surface area contributed by atoms with Crippen LogP contribution in [0.5, 0.6) is 0 Å². The van der Waals surface area contributed by atoms with Crippen LogP contribution in [0.15, 0.2) is 33.8 Å². The Hall–Kier alpha value is -3.07. The molecule has 1 unspecified atom stereocenters. The van der Waals surface area contributed by atoms with Crippen molar-refractivity contribution < 1.29 is 13.7 Å². The fourth-order valence-corrected chi connectivity index (χ4v) is 3.40. The maximum Gasteiger partial charge on any atom is 0.278 e. The Bertz CT molecular complexity index is 1220. The number of rotatable bonds is 5. The molecule has 8 nitrogen and oxygen atoms in total. The number of ether oxygens (including phenoxy) is 1. The standard InChI is InChI=1S/C19H20FN5O3/c1-10(2)25-15-12(20)6-5-7-13(15)24-9-21-14(16(24)19(25)26)17-22-18(28-23-17)11(3)8-27-4/h5-7,9-11H,8H2,1-4H3. The van der Waals surface area contributed by atoms with Gasteiger partial charge in [-0.05, 0) is 26.0 Å². The van der Waals surface area contributed by atoms with Crippen LogP contribution >= 0.6 is 0 Å². The normalized spacial score (nSPS) is 13.1. The van der Waals surface area contributed by atoms with Crippen LogP contribution in [-0.2, 0) is 4.74 Å². The first-order valence-electron chi connectivity index (χ1n) is 8.96. The van der Waals surface area contributed by atoms with Gasteiger partial charge in [-0.2, -0.15) is 4.98 Å². The van der Waals surface area contributed by atoms with Crippen molar-refractivity contribution in [2.75, 3.05) is 13.7 Å². The van der Waals surface area contributed by atoms with E-state index in [0.29, 0.717) is 23.7 Å². The molecule has 4 aromatic rings. The summed E-state index contributed by atoms with van der Waals surface area (Å²) >= 11 is 0. The SMILES string of the molecule is COCC(C)c1nc(-c2ncn3c2c(=O)n(C(C)C)c2c(F)cccc23)no1. The predicted molar refractivity (Wildman–Crippen MR) is 101 cm³/mol. The average molecular weight is 385 g/mol. The molecule has 1 atom stereocenters. The van der Waals surface area contributed by atoms with Gasteiger partial charge >= 0.3 is 0 Å². The molecular weight excluding hydrogens is 365 g/mol. The van der Waals surface area contributed by atoms with Crippen molar-refractivity contribution in [3.8, 4) is 11.5 Å². The van der Waals surface area contributed by atoms with Crippen LogP contribution in [0.4, 0.5) is 4.39 Å². The van der Waals surface area contributed by atoms with Gasteiger partial charge in [-0.1, -0.05) is 18.1 Å². The van der Waals surface area contributed by atoms with Crippen LogP contribution in [0.1, 0.15) is 38.6 Å². The lowest BCUT2D eigenvalue weighted by molar-refractivity contribution is 0.170. The first kappa shape index (κ1) is 18.3. The molecule has 3 aromatic heterocycles. The van der Waals surface area contributed by atoms with E-state index in [9.17, 15) is 9.18 Å². The van der Waals surface area contributed by atoms with Gasteiger partial charge in [-0.25, -0.2) is 9.37 Å². The molecular formula is C19H20FN5O3. The highest BCUT2D eigenvalue weighted by atomic mass is 19.1. The van der Waals surface area contributed by atoms with E-state index in [1.165, 1.54) is 17.0 Å². The van der Waals surface area contributed by atoms with Crippen LogP contribution in [0.3, 0.4) is 0 Å². The third kappa shape index (κ3) is 2.70. The summed E-state index contributed by atoms with van der Waals surface area (Å²) in [6.07, 6.45) is 1.48. The van der Waals surface area contributed by atoms with Crippen molar-refractivity contribution in [3.63, 3.8) is 0 Å². The number of benzene rings is 1. The summed E-state index contributed by atoms with van der Waals surface area (Å²) in [5, 5.41) is 3.99.